The lowest BCUT2D eigenvalue weighted by Crippen LogP contribution is -2.17. The summed E-state index contributed by atoms with van der Waals surface area (Å²) in [6, 6.07) is 8.35. The summed E-state index contributed by atoms with van der Waals surface area (Å²) in [7, 11) is 2.97. The molecule has 0 atom stereocenters. The van der Waals surface area contributed by atoms with Crippen molar-refractivity contribution in [3.63, 3.8) is 0 Å². The van der Waals surface area contributed by atoms with Gasteiger partial charge in [0, 0.05) is 29.3 Å². The maximum atomic E-state index is 12.0. The molecule has 0 saturated heterocycles. The van der Waals surface area contributed by atoms with Gasteiger partial charge in [0.15, 0.2) is 0 Å². The average Bonchev–Trinajstić information content (AvgIpc) is 2.61. The Kier molecular flexibility index (Phi) is 5.91. The predicted octanol–water partition coefficient (Wildman–Crippen LogP) is 3.03. The van der Waals surface area contributed by atoms with Gasteiger partial charge in [-0.25, -0.2) is 5.43 Å². The molecule has 1 N–H and O–H groups in total. The van der Waals surface area contributed by atoms with Crippen LogP contribution in [0.4, 0.5) is 5.69 Å². The van der Waals surface area contributed by atoms with Gasteiger partial charge in [0.05, 0.1) is 30.4 Å². The third-order valence-electron chi connectivity index (χ3n) is 3.21. The molecule has 0 radical (unpaired) electrons. The van der Waals surface area contributed by atoms with Crippen LogP contribution in [0, 0.1) is 10.1 Å². The highest BCUT2D eigenvalue weighted by Crippen LogP contribution is 2.31. The Hall–Kier alpha value is -3.13. The van der Waals surface area contributed by atoms with Crippen LogP contribution in [-0.2, 0) is 0 Å². The summed E-state index contributed by atoms with van der Waals surface area (Å²) in [6.45, 7) is 0. The molecule has 2 aromatic carbocycles. The molecule has 2 rings (SSSR count). The van der Waals surface area contributed by atoms with Gasteiger partial charge in [-0.05, 0) is 18.2 Å². The van der Waals surface area contributed by atoms with Gasteiger partial charge in [-0.15, -0.1) is 0 Å². The van der Waals surface area contributed by atoms with Crippen molar-refractivity contribution in [1.29, 1.82) is 0 Å². The van der Waals surface area contributed by atoms with Crippen molar-refractivity contribution >= 4 is 29.4 Å². The van der Waals surface area contributed by atoms with E-state index in [9.17, 15) is 14.9 Å². The normalized spacial score (nSPS) is 10.5. The number of hydrogen-bond donors (Lipinski definition) is 1. The summed E-state index contributed by atoms with van der Waals surface area (Å²) in [5, 5.41) is 14.8. The van der Waals surface area contributed by atoms with Gasteiger partial charge in [-0.1, -0.05) is 11.6 Å². The standard InChI is InChI=1S/C16H14ClN3O5/c1-24-14-8-15(25-2)13(17)7-11(14)9-18-19-16(21)10-3-5-12(6-4-10)20(22)23/h3-9H,1-2H3,(H,19,21)/b18-9-. The second-order valence-corrected chi connectivity index (χ2v) is 5.14. The summed E-state index contributed by atoms with van der Waals surface area (Å²) >= 11 is 6.05. The van der Waals surface area contributed by atoms with E-state index in [1.165, 1.54) is 44.7 Å². The highest BCUT2D eigenvalue weighted by atomic mass is 35.5. The number of ether oxygens (including phenoxy) is 2. The zero-order valence-corrected chi connectivity index (χ0v) is 14.1. The molecule has 9 heteroatoms. The number of carbonyl (C=O) groups is 1. The summed E-state index contributed by atoms with van der Waals surface area (Å²) in [4.78, 5) is 22.0. The topological polar surface area (TPSA) is 103 Å². The predicted molar refractivity (Wildman–Crippen MR) is 92.7 cm³/mol. The molecule has 2 aromatic rings. The van der Waals surface area contributed by atoms with E-state index in [-0.39, 0.29) is 11.3 Å². The van der Waals surface area contributed by atoms with Gasteiger partial charge in [0.25, 0.3) is 11.6 Å². The fourth-order valence-corrected chi connectivity index (χ4v) is 2.19. The Bertz CT molecular complexity index is 821. The minimum absolute atomic E-state index is 0.0994. The minimum atomic E-state index is -0.542. The first-order valence-electron chi connectivity index (χ1n) is 6.95. The maximum absolute atomic E-state index is 12.0. The fraction of sp³-hybridized carbons (Fsp3) is 0.125. The number of nitrogens with zero attached hydrogens (tertiary/aromatic N) is 2. The number of nitrogens with one attached hydrogen (secondary N) is 1. The monoisotopic (exact) mass is 363 g/mol. The van der Waals surface area contributed by atoms with E-state index in [0.29, 0.717) is 22.1 Å². The van der Waals surface area contributed by atoms with Crippen LogP contribution in [0.5, 0.6) is 11.5 Å². The summed E-state index contributed by atoms with van der Waals surface area (Å²) in [6.07, 6.45) is 1.37. The Morgan fingerprint density at radius 2 is 1.84 bits per heavy atom. The molecule has 0 fully saturated rings. The Morgan fingerprint density at radius 3 is 2.40 bits per heavy atom. The van der Waals surface area contributed by atoms with Crippen LogP contribution in [0.15, 0.2) is 41.5 Å². The van der Waals surface area contributed by atoms with Gasteiger partial charge in [0.1, 0.15) is 11.5 Å². The first-order chi connectivity index (χ1) is 12.0. The molecule has 0 saturated carbocycles. The molecule has 0 heterocycles. The number of halogens is 1. The van der Waals surface area contributed by atoms with Gasteiger partial charge >= 0.3 is 0 Å². The Balaban J connectivity index is 2.11. The molecular formula is C16H14ClN3O5. The molecule has 25 heavy (non-hydrogen) atoms. The molecule has 130 valence electrons. The van der Waals surface area contributed by atoms with Crippen LogP contribution in [0.2, 0.25) is 5.02 Å². The average molecular weight is 364 g/mol. The van der Waals surface area contributed by atoms with Crippen molar-refractivity contribution in [2.75, 3.05) is 14.2 Å². The highest BCUT2D eigenvalue weighted by Gasteiger charge is 2.10. The number of nitro benzene ring substituents is 1. The number of hydrogen-bond acceptors (Lipinski definition) is 6. The summed E-state index contributed by atoms with van der Waals surface area (Å²) in [5.41, 5.74) is 3.00. The van der Waals surface area contributed by atoms with Crippen molar-refractivity contribution in [2.45, 2.75) is 0 Å². The molecule has 0 aliphatic rings. The van der Waals surface area contributed by atoms with Crippen molar-refractivity contribution in [2.24, 2.45) is 5.10 Å². The SMILES string of the molecule is COc1cc(OC)c(/C=N\NC(=O)c2ccc([N+](=O)[O-])cc2)cc1Cl. The molecule has 1 amide bonds. The number of rotatable bonds is 6. The number of nitro groups is 1. The number of benzene rings is 2. The molecule has 8 nitrogen and oxygen atoms in total. The molecule has 0 aliphatic carbocycles. The zero-order valence-electron chi connectivity index (χ0n) is 13.4. The number of carbonyl (C=O) groups excluding carboxylic acids is 1. The number of methoxy groups -OCH3 is 2. The van der Waals surface area contributed by atoms with Crippen LogP contribution in [0.25, 0.3) is 0 Å². The van der Waals surface area contributed by atoms with Crippen LogP contribution in [0.1, 0.15) is 15.9 Å². The van der Waals surface area contributed by atoms with Gasteiger partial charge in [-0.3, -0.25) is 14.9 Å². The van der Waals surface area contributed by atoms with E-state index in [0.717, 1.165) is 0 Å². The maximum Gasteiger partial charge on any atom is 0.271 e. The molecule has 0 spiro atoms. The van der Waals surface area contributed by atoms with E-state index in [1.807, 2.05) is 0 Å². The van der Waals surface area contributed by atoms with Crippen molar-refractivity contribution in [3.05, 3.63) is 62.7 Å². The van der Waals surface area contributed by atoms with Crippen LogP contribution < -0.4 is 14.9 Å². The van der Waals surface area contributed by atoms with Crippen LogP contribution in [-0.4, -0.2) is 31.3 Å². The third kappa shape index (κ3) is 4.45. The molecule has 0 aromatic heterocycles. The Morgan fingerprint density at radius 1 is 1.20 bits per heavy atom. The first kappa shape index (κ1) is 18.2. The van der Waals surface area contributed by atoms with E-state index >= 15 is 0 Å². The van der Waals surface area contributed by atoms with E-state index in [1.54, 1.807) is 12.1 Å². The fourth-order valence-electron chi connectivity index (χ4n) is 1.94. The summed E-state index contributed by atoms with van der Waals surface area (Å²) < 4.78 is 10.3. The first-order valence-corrected chi connectivity index (χ1v) is 7.33. The number of hydrazone groups is 1. The largest absolute Gasteiger partial charge is 0.496 e. The van der Waals surface area contributed by atoms with Gasteiger partial charge in [-0.2, -0.15) is 5.10 Å². The van der Waals surface area contributed by atoms with Crippen LogP contribution >= 0.6 is 11.6 Å². The second kappa shape index (κ2) is 8.11. The third-order valence-corrected chi connectivity index (χ3v) is 3.51. The van der Waals surface area contributed by atoms with Gasteiger partial charge in [0.2, 0.25) is 0 Å². The van der Waals surface area contributed by atoms with Crippen LogP contribution in [0.3, 0.4) is 0 Å². The van der Waals surface area contributed by atoms with Crippen molar-refractivity contribution < 1.29 is 19.2 Å². The lowest BCUT2D eigenvalue weighted by Gasteiger charge is -2.09. The number of non-ortho nitro benzene ring substituents is 1. The minimum Gasteiger partial charge on any atom is -0.496 e. The number of amides is 1. The second-order valence-electron chi connectivity index (χ2n) is 4.73. The summed E-state index contributed by atoms with van der Waals surface area (Å²) in [5.74, 6) is 0.407. The van der Waals surface area contributed by atoms with Crippen molar-refractivity contribution in [3.8, 4) is 11.5 Å². The lowest BCUT2D eigenvalue weighted by molar-refractivity contribution is -0.384. The molecule has 0 bridgehead atoms. The highest BCUT2D eigenvalue weighted by molar-refractivity contribution is 6.32. The van der Waals surface area contributed by atoms with E-state index in [2.05, 4.69) is 10.5 Å². The lowest BCUT2D eigenvalue weighted by atomic mass is 10.2. The Labute approximate surface area is 148 Å². The zero-order chi connectivity index (χ0) is 18.4. The van der Waals surface area contributed by atoms with E-state index < -0.39 is 10.8 Å². The van der Waals surface area contributed by atoms with E-state index in [4.69, 9.17) is 21.1 Å². The molecule has 0 aliphatic heterocycles. The smallest absolute Gasteiger partial charge is 0.271 e. The van der Waals surface area contributed by atoms with Crippen molar-refractivity contribution in [1.82, 2.24) is 5.43 Å². The quantitative estimate of drug-likeness (QED) is 0.482. The molecular weight excluding hydrogens is 350 g/mol. The van der Waals surface area contributed by atoms with Gasteiger partial charge < -0.3 is 9.47 Å². The molecule has 0 unspecified atom stereocenters.